The van der Waals surface area contributed by atoms with Crippen LogP contribution in [0.2, 0.25) is 0 Å². The zero-order valence-electron chi connectivity index (χ0n) is 18.3. The minimum absolute atomic E-state index is 0.0121. The maximum atomic E-state index is 13.8. The molecule has 7 heteroatoms. The van der Waals surface area contributed by atoms with E-state index in [1.165, 1.54) is 0 Å². The summed E-state index contributed by atoms with van der Waals surface area (Å²) in [5.41, 5.74) is 2.49. The highest BCUT2D eigenvalue weighted by Crippen LogP contribution is 2.53. The maximum Gasteiger partial charge on any atom is 0.303 e. The molecule has 0 radical (unpaired) electrons. The molecule has 6 nitrogen and oxygen atoms in total. The predicted molar refractivity (Wildman–Crippen MR) is 128 cm³/mol. The Labute approximate surface area is 201 Å². The Morgan fingerprint density at radius 2 is 1.70 bits per heavy atom. The van der Waals surface area contributed by atoms with Gasteiger partial charge in [-0.15, -0.1) is 0 Å². The number of benzene rings is 2. The summed E-state index contributed by atoms with van der Waals surface area (Å²) < 4.78 is 0.771. The Hall–Kier alpha value is -2.67. The number of para-hydroxylation sites is 1. The standard InChI is InChI=1S/C26H27BrN2O4/c27-20-9-3-1-6-17(20)26(33)29-21-10-4-2-7-18(21)25(19-8-5-11-22(19)29)28(16-12-13-16)23(30)14-15-24(31)32/h1-4,6-7,9-10,16,19,22,25H,5,8,11-15H2,(H,31,32)/t19-,22+,25-/m0/s1. The summed E-state index contributed by atoms with van der Waals surface area (Å²) in [6.07, 6.45) is 4.61. The van der Waals surface area contributed by atoms with Crippen molar-refractivity contribution in [2.45, 2.75) is 63.1 Å². The minimum Gasteiger partial charge on any atom is -0.481 e. The zero-order valence-corrected chi connectivity index (χ0v) is 19.9. The zero-order chi connectivity index (χ0) is 23.1. The molecular weight excluding hydrogens is 484 g/mol. The van der Waals surface area contributed by atoms with E-state index in [9.17, 15) is 14.4 Å². The topological polar surface area (TPSA) is 77.9 Å². The van der Waals surface area contributed by atoms with E-state index in [1.807, 2.05) is 58.3 Å². The molecular formula is C26H27BrN2O4. The molecule has 2 amide bonds. The lowest BCUT2D eigenvalue weighted by Gasteiger charge is -2.48. The van der Waals surface area contributed by atoms with Crippen molar-refractivity contribution in [3.8, 4) is 0 Å². The fraction of sp³-hybridized carbons (Fsp3) is 0.423. The smallest absolute Gasteiger partial charge is 0.303 e. The summed E-state index contributed by atoms with van der Waals surface area (Å²) in [6, 6.07) is 15.5. The van der Waals surface area contributed by atoms with Crippen LogP contribution in [-0.4, -0.2) is 39.9 Å². The van der Waals surface area contributed by atoms with Gasteiger partial charge >= 0.3 is 5.97 Å². The number of hydrogen-bond acceptors (Lipinski definition) is 3. The van der Waals surface area contributed by atoms with Crippen molar-refractivity contribution in [3.05, 3.63) is 64.1 Å². The van der Waals surface area contributed by atoms with Crippen LogP contribution in [-0.2, 0) is 9.59 Å². The van der Waals surface area contributed by atoms with E-state index < -0.39 is 5.97 Å². The van der Waals surface area contributed by atoms with Crippen molar-refractivity contribution in [1.29, 1.82) is 0 Å². The van der Waals surface area contributed by atoms with Crippen molar-refractivity contribution >= 4 is 39.4 Å². The van der Waals surface area contributed by atoms with E-state index in [0.717, 1.165) is 47.8 Å². The highest BCUT2D eigenvalue weighted by Gasteiger charge is 2.51. The number of carboxylic acid groups (broad SMARTS) is 1. The largest absolute Gasteiger partial charge is 0.481 e. The molecule has 5 rings (SSSR count). The molecule has 172 valence electrons. The van der Waals surface area contributed by atoms with Gasteiger partial charge in [-0.2, -0.15) is 0 Å². The van der Waals surface area contributed by atoms with E-state index in [0.29, 0.717) is 5.56 Å². The van der Waals surface area contributed by atoms with Gasteiger partial charge in [0.2, 0.25) is 5.91 Å². The first kappa shape index (κ1) is 22.1. The van der Waals surface area contributed by atoms with Gasteiger partial charge in [0.1, 0.15) is 0 Å². The van der Waals surface area contributed by atoms with Crippen LogP contribution in [0.5, 0.6) is 0 Å². The Morgan fingerprint density at radius 1 is 0.970 bits per heavy atom. The number of hydrogen-bond donors (Lipinski definition) is 1. The van der Waals surface area contributed by atoms with Crippen LogP contribution in [0, 0.1) is 5.92 Å². The number of amides is 2. The van der Waals surface area contributed by atoms with E-state index in [-0.39, 0.29) is 48.7 Å². The van der Waals surface area contributed by atoms with Gasteiger partial charge in [0.05, 0.1) is 18.0 Å². The molecule has 1 aliphatic heterocycles. The van der Waals surface area contributed by atoms with Crippen molar-refractivity contribution in [2.75, 3.05) is 4.90 Å². The minimum atomic E-state index is -0.952. The van der Waals surface area contributed by atoms with Crippen LogP contribution in [0.25, 0.3) is 0 Å². The number of carboxylic acids is 1. The molecule has 1 N–H and O–H groups in total. The van der Waals surface area contributed by atoms with Crippen LogP contribution < -0.4 is 4.90 Å². The third-order valence-corrected chi connectivity index (χ3v) is 7.88. The van der Waals surface area contributed by atoms with Crippen molar-refractivity contribution in [1.82, 2.24) is 4.90 Å². The van der Waals surface area contributed by atoms with Gasteiger partial charge in [-0.25, -0.2) is 0 Å². The van der Waals surface area contributed by atoms with E-state index >= 15 is 0 Å². The van der Waals surface area contributed by atoms with Gasteiger partial charge in [-0.05, 0) is 65.4 Å². The molecule has 2 saturated carbocycles. The quantitative estimate of drug-likeness (QED) is 0.580. The van der Waals surface area contributed by atoms with Gasteiger partial charge in [-0.1, -0.05) is 36.8 Å². The lowest BCUT2D eigenvalue weighted by atomic mass is 9.81. The number of carbonyl (C=O) groups is 3. The molecule has 3 aliphatic rings. The lowest BCUT2D eigenvalue weighted by Crippen LogP contribution is -2.53. The summed E-state index contributed by atoms with van der Waals surface area (Å²) in [5.74, 6) is -0.927. The molecule has 0 spiro atoms. The fourth-order valence-corrected chi connectivity index (χ4v) is 6.14. The van der Waals surface area contributed by atoms with Crippen molar-refractivity contribution in [2.24, 2.45) is 5.92 Å². The molecule has 2 aromatic rings. The predicted octanol–water partition coefficient (Wildman–Crippen LogP) is 5.18. The van der Waals surface area contributed by atoms with Crippen molar-refractivity contribution in [3.63, 3.8) is 0 Å². The number of fused-ring (bicyclic) bond motifs is 2. The monoisotopic (exact) mass is 510 g/mol. The Morgan fingerprint density at radius 3 is 2.42 bits per heavy atom. The highest BCUT2D eigenvalue weighted by atomic mass is 79.9. The molecule has 33 heavy (non-hydrogen) atoms. The highest BCUT2D eigenvalue weighted by molar-refractivity contribution is 9.10. The number of rotatable bonds is 6. The molecule has 0 unspecified atom stereocenters. The van der Waals surface area contributed by atoms with Crippen LogP contribution in [0.1, 0.15) is 66.9 Å². The molecule has 2 aromatic carbocycles. The summed E-state index contributed by atoms with van der Waals surface area (Å²) in [4.78, 5) is 42.2. The molecule has 1 heterocycles. The molecule has 0 aromatic heterocycles. The number of carbonyl (C=O) groups excluding carboxylic acids is 2. The first-order valence-electron chi connectivity index (χ1n) is 11.7. The number of nitrogens with zero attached hydrogens (tertiary/aromatic N) is 2. The second-order valence-electron chi connectivity index (χ2n) is 9.25. The maximum absolute atomic E-state index is 13.8. The Kier molecular flexibility index (Phi) is 5.99. The van der Waals surface area contributed by atoms with Crippen molar-refractivity contribution < 1.29 is 19.5 Å². The van der Waals surface area contributed by atoms with Crippen LogP contribution in [0.15, 0.2) is 53.0 Å². The number of halogens is 1. The van der Waals surface area contributed by atoms with E-state index in [2.05, 4.69) is 15.9 Å². The summed E-state index contributed by atoms with van der Waals surface area (Å²) >= 11 is 3.54. The first-order chi connectivity index (χ1) is 16.0. The first-order valence-corrected chi connectivity index (χ1v) is 12.5. The Balaban J connectivity index is 1.57. The van der Waals surface area contributed by atoms with Crippen LogP contribution in [0.4, 0.5) is 5.69 Å². The lowest BCUT2D eigenvalue weighted by molar-refractivity contribution is -0.142. The SMILES string of the molecule is O=C(O)CCC(=O)N(C1CC1)[C@H]1c2ccccc2N(C(=O)c2ccccc2Br)[C@@H]2CCC[C@@H]21. The average Bonchev–Trinajstić information content (AvgIpc) is 3.53. The summed E-state index contributed by atoms with van der Waals surface area (Å²) in [5, 5.41) is 9.12. The van der Waals surface area contributed by atoms with Gasteiger partial charge < -0.3 is 14.9 Å². The third-order valence-electron chi connectivity index (χ3n) is 7.19. The number of aliphatic carboxylic acids is 1. The van der Waals surface area contributed by atoms with E-state index in [4.69, 9.17) is 5.11 Å². The number of anilines is 1. The summed E-state index contributed by atoms with van der Waals surface area (Å²) in [7, 11) is 0. The normalized spacial score (nSPS) is 23.5. The van der Waals surface area contributed by atoms with Gasteiger partial charge in [0.15, 0.2) is 0 Å². The molecule has 3 atom stereocenters. The van der Waals surface area contributed by atoms with Gasteiger partial charge in [0, 0.05) is 34.6 Å². The Bertz CT molecular complexity index is 1100. The fourth-order valence-electron chi connectivity index (χ4n) is 5.69. The average molecular weight is 511 g/mol. The summed E-state index contributed by atoms with van der Waals surface area (Å²) in [6.45, 7) is 0. The molecule has 0 saturated heterocycles. The van der Waals surface area contributed by atoms with Crippen LogP contribution in [0.3, 0.4) is 0 Å². The molecule has 2 fully saturated rings. The van der Waals surface area contributed by atoms with Crippen LogP contribution >= 0.6 is 15.9 Å². The van der Waals surface area contributed by atoms with Gasteiger partial charge in [-0.3, -0.25) is 14.4 Å². The second-order valence-corrected chi connectivity index (χ2v) is 10.1. The second kappa shape index (κ2) is 8.93. The van der Waals surface area contributed by atoms with E-state index in [1.54, 1.807) is 0 Å². The molecule has 2 aliphatic carbocycles. The third kappa shape index (κ3) is 4.07. The van der Waals surface area contributed by atoms with Gasteiger partial charge in [0.25, 0.3) is 5.91 Å². The molecule has 0 bridgehead atoms.